The monoisotopic (exact) mass is 360 g/mol. The SMILES string of the molecule is NC(C(=O)N1CCC(c2ncc(C(F)(F)F)[nH]2)CC1)C1CCOCC1. The standard InChI is InChI=1S/C16H23F3N4O2/c17-16(18,19)12-9-21-14(22-12)11-1-5-23(6-2-11)15(24)13(20)10-3-7-25-8-4-10/h9-11,13H,1-8,20H2,(H,21,22). The number of H-pyrrole nitrogens is 1. The van der Waals surface area contributed by atoms with Crippen molar-refractivity contribution in [3.8, 4) is 0 Å². The molecule has 2 aliphatic rings. The summed E-state index contributed by atoms with van der Waals surface area (Å²) in [7, 11) is 0. The van der Waals surface area contributed by atoms with Crippen LogP contribution in [0.15, 0.2) is 6.20 Å². The van der Waals surface area contributed by atoms with E-state index in [4.69, 9.17) is 10.5 Å². The van der Waals surface area contributed by atoms with Crippen molar-refractivity contribution >= 4 is 5.91 Å². The quantitative estimate of drug-likeness (QED) is 0.862. The average Bonchev–Trinajstić information content (AvgIpc) is 3.12. The summed E-state index contributed by atoms with van der Waals surface area (Å²) in [6.45, 7) is 2.24. The molecule has 2 saturated heterocycles. The average molecular weight is 360 g/mol. The first-order valence-corrected chi connectivity index (χ1v) is 8.60. The number of halogens is 3. The van der Waals surface area contributed by atoms with Crippen molar-refractivity contribution < 1.29 is 22.7 Å². The van der Waals surface area contributed by atoms with E-state index in [1.54, 1.807) is 4.90 Å². The summed E-state index contributed by atoms with van der Waals surface area (Å²) < 4.78 is 43.3. The highest BCUT2D eigenvalue weighted by atomic mass is 19.4. The Balaban J connectivity index is 1.54. The lowest BCUT2D eigenvalue weighted by molar-refractivity contribution is -0.141. The van der Waals surface area contributed by atoms with Crippen LogP contribution in [0, 0.1) is 5.92 Å². The number of nitrogens with two attached hydrogens (primary N) is 1. The molecule has 1 aromatic rings. The molecule has 9 heteroatoms. The number of piperidine rings is 1. The number of hydrogen-bond acceptors (Lipinski definition) is 4. The summed E-state index contributed by atoms with van der Waals surface area (Å²) in [5, 5.41) is 0. The maximum absolute atomic E-state index is 12.7. The minimum Gasteiger partial charge on any atom is -0.381 e. The molecule has 1 atom stereocenters. The number of alkyl halides is 3. The Morgan fingerprint density at radius 2 is 1.92 bits per heavy atom. The van der Waals surface area contributed by atoms with Gasteiger partial charge in [-0.15, -0.1) is 0 Å². The number of carbonyl (C=O) groups is 1. The number of nitrogens with zero attached hydrogens (tertiary/aromatic N) is 2. The molecule has 0 bridgehead atoms. The van der Waals surface area contributed by atoms with Crippen LogP contribution < -0.4 is 5.73 Å². The van der Waals surface area contributed by atoms with Crippen LogP contribution >= 0.6 is 0 Å². The van der Waals surface area contributed by atoms with Gasteiger partial charge >= 0.3 is 6.18 Å². The summed E-state index contributed by atoms with van der Waals surface area (Å²) >= 11 is 0. The second-order valence-electron chi connectivity index (χ2n) is 6.76. The maximum Gasteiger partial charge on any atom is 0.432 e. The first-order valence-electron chi connectivity index (χ1n) is 8.60. The third kappa shape index (κ3) is 4.14. The van der Waals surface area contributed by atoms with Gasteiger partial charge in [-0.3, -0.25) is 4.79 Å². The summed E-state index contributed by atoms with van der Waals surface area (Å²) in [5.41, 5.74) is 5.30. The molecule has 1 aromatic heterocycles. The second kappa shape index (κ2) is 7.33. The molecule has 2 fully saturated rings. The van der Waals surface area contributed by atoms with Crippen molar-refractivity contribution in [2.24, 2.45) is 11.7 Å². The van der Waals surface area contributed by atoms with E-state index in [0.29, 0.717) is 45.0 Å². The predicted octanol–water partition coefficient (Wildman–Crippen LogP) is 1.89. The summed E-state index contributed by atoms with van der Waals surface area (Å²) in [6, 6.07) is -0.527. The van der Waals surface area contributed by atoms with E-state index in [0.717, 1.165) is 19.0 Å². The Morgan fingerprint density at radius 3 is 2.48 bits per heavy atom. The lowest BCUT2D eigenvalue weighted by Gasteiger charge is -2.35. The number of aromatic nitrogens is 2. The Kier molecular flexibility index (Phi) is 5.33. The summed E-state index contributed by atoms with van der Waals surface area (Å²) in [5.74, 6) is 0.312. The molecule has 25 heavy (non-hydrogen) atoms. The number of likely N-dealkylation sites (tertiary alicyclic amines) is 1. The minimum atomic E-state index is -4.42. The normalized spacial score (nSPS) is 22.2. The van der Waals surface area contributed by atoms with Gasteiger partial charge in [-0.1, -0.05) is 0 Å². The first-order chi connectivity index (χ1) is 11.9. The number of imidazole rings is 1. The Hall–Kier alpha value is -1.61. The predicted molar refractivity (Wildman–Crippen MR) is 83.7 cm³/mol. The molecule has 2 aliphatic heterocycles. The van der Waals surface area contributed by atoms with Crippen molar-refractivity contribution in [3.05, 3.63) is 17.7 Å². The van der Waals surface area contributed by atoms with Crippen LogP contribution in [0.1, 0.15) is 43.1 Å². The maximum atomic E-state index is 12.7. The topological polar surface area (TPSA) is 84.2 Å². The van der Waals surface area contributed by atoms with E-state index in [-0.39, 0.29) is 17.7 Å². The van der Waals surface area contributed by atoms with Gasteiger partial charge in [0.15, 0.2) is 0 Å². The van der Waals surface area contributed by atoms with Crippen LogP contribution in [0.3, 0.4) is 0 Å². The molecular weight excluding hydrogens is 337 g/mol. The van der Waals surface area contributed by atoms with E-state index >= 15 is 0 Å². The second-order valence-corrected chi connectivity index (χ2v) is 6.76. The van der Waals surface area contributed by atoms with Gasteiger partial charge in [0.25, 0.3) is 0 Å². The highest BCUT2D eigenvalue weighted by Gasteiger charge is 2.35. The van der Waals surface area contributed by atoms with Gasteiger partial charge in [-0.05, 0) is 31.6 Å². The van der Waals surface area contributed by atoms with Gasteiger partial charge in [-0.2, -0.15) is 13.2 Å². The van der Waals surface area contributed by atoms with E-state index in [1.165, 1.54) is 0 Å². The molecule has 0 radical (unpaired) electrons. The van der Waals surface area contributed by atoms with Gasteiger partial charge in [-0.25, -0.2) is 4.98 Å². The van der Waals surface area contributed by atoms with Crippen LogP contribution in [0.25, 0.3) is 0 Å². The van der Waals surface area contributed by atoms with E-state index in [9.17, 15) is 18.0 Å². The van der Waals surface area contributed by atoms with Crippen LogP contribution in [0.2, 0.25) is 0 Å². The third-order valence-electron chi connectivity index (χ3n) is 5.15. The fourth-order valence-electron chi connectivity index (χ4n) is 3.55. The lowest BCUT2D eigenvalue weighted by atomic mass is 9.90. The van der Waals surface area contributed by atoms with Crippen LogP contribution in [-0.2, 0) is 15.7 Å². The number of carbonyl (C=O) groups excluding carboxylic acids is 1. The molecule has 0 saturated carbocycles. The molecule has 0 aliphatic carbocycles. The number of rotatable bonds is 3. The number of nitrogens with one attached hydrogen (secondary N) is 1. The van der Waals surface area contributed by atoms with Crippen LogP contribution in [0.5, 0.6) is 0 Å². The minimum absolute atomic E-state index is 0.0687. The van der Waals surface area contributed by atoms with Crippen molar-refractivity contribution in [2.45, 2.75) is 43.8 Å². The Bertz CT molecular complexity index is 590. The zero-order valence-electron chi connectivity index (χ0n) is 13.9. The number of amides is 1. The van der Waals surface area contributed by atoms with Gasteiger partial charge in [0.1, 0.15) is 11.5 Å². The van der Waals surface area contributed by atoms with Gasteiger partial charge in [0.2, 0.25) is 5.91 Å². The van der Waals surface area contributed by atoms with Crippen molar-refractivity contribution in [3.63, 3.8) is 0 Å². The molecule has 6 nitrogen and oxygen atoms in total. The number of ether oxygens (including phenoxy) is 1. The molecule has 0 aromatic carbocycles. The fraction of sp³-hybridized carbons (Fsp3) is 0.750. The first kappa shape index (κ1) is 18.2. The van der Waals surface area contributed by atoms with E-state index in [1.807, 2.05) is 0 Å². The summed E-state index contributed by atoms with van der Waals surface area (Å²) in [4.78, 5) is 20.5. The van der Waals surface area contributed by atoms with Gasteiger partial charge < -0.3 is 20.4 Å². The highest BCUT2D eigenvalue weighted by Crippen LogP contribution is 2.32. The smallest absolute Gasteiger partial charge is 0.381 e. The number of aromatic amines is 1. The zero-order chi connectivity index (χ0) is 18.0. The van der Waals surface area contributed by atoms with Crippen molar-refractivity contribution in [1.29, 1.82) is 0 Å². The van der Waals surface area contributed by atoms with Gasteiger partial charge in [0, 0.05) is 32.2 Å². The largest absolute Gasteiger partial charge is 0.432 e. The molecular formula is C16H23F3N4O2. The third-order valence-corrected chi connectivity index (χ3v) is 5.15. The van der Waals surface area contributed by atoms with Crippen LogP contribution in [0.4, 0.5) is 13.2 Å². The molecule has 3 N–H and O–H groups in total. The van der Waals surface area contributed by atoms with Crippen molar-refractivity contribution in [1.82, 2.24) is 14.9 Å². The molecule has 0 spiro atoms. The lowest BCUT2D eigenvalue weighted by Crippen LogP contribution is -2.51. The van der Waals surface area contributed by atoms with Crippen LogP contribution in [-0.4, -0.2) is 53.1 Å². The zero-order valence-corrected chi connectivity index (χ0v) is 13.9. The molecule has 1 unspecified atom stereocenters. The molecule has 140 valence electrons. The van der Waals surface area contributed by atoms with E-state index in [2.05, 4.69) is 9.97 Å². The molecule has 3 rings (SSSR count). The van der Waals surface area contributed by atoms with Gasteiger partial charge in [0.05, 0.1) is 12.2 Å². The Labute approximate surface area is 143 Å². The fourth-order valence-corrected chi connectivity index (χ4v) is 3.55. The number of hydrogen-bond donors (Lipinski definition) is 2. The highest BCUT2D eigenvalue weighted by molar-refractivity contribution is 5.82. The van der Waals surface area contributed by atoms with E-state index < -0.39 is 17.9 Å². The Morgan fingerprint density at radius 1 is 1.28 bits per heavy atom. The molecule has 1 amide bonds. The molecule has 3 heterocycles. The van der Waals surface area contributed by atoms with Crippen molar-refractivity contribution in [2.75, 3.05) is 26.3 Å². The summed E-state index contributed by atoms with van der Waals surface area (Å²) in [6.07, 6.45) is -0.855.